The Balaban J connectivity index is 0.00000385. The lowest BCUT2D eigenvalue weighted by Gasteiger charge is -2.27. The van der Waals surface area contributed by atoms with E-state index in [0.717, 1.165) is 64.7 Å². The maximum atomic E-state index is 5.48. The lowest BCUT2D eigenvalue weighted by molar-refractivity contribution is 0.0341. The highest BCUT2D eigenvalue weighted by Gasteiger charge is 2.12. The lowest BCUT2D eigenvalue weighted by atomic mass is 10.1. The Kier molecular flexibility index (Phi) is 12.6. The predicted molar refractivity (Wildman–Crippen MR) is 150 cm³/mol. The van der Waals surface area contributed by atoms with Gasteiger partial charge in [-0.25, -0.2) is 4.99 Å². The molecular formula is C26H40IN5O. The van der Waals surface area contributed by atoms with Crippen LogP contribution in [0.25, 0.3) is 0 Å². The summed E-state index contributed by atoms with van der Waals surface area (Å²) in [5.74, 6) is 0.886. The van der Waals surface area contributed by atoms with Crippen LogP contribution in [0.5, 0.6) is 0 Å². The molecule has 7 heteroatoms. The smallest absolute Gasteiger partial charge is 0.191 e. The summed E-state index contributed by atoms with van der Waals surface area (Å²) in [6.07, 6.45) is 2.13. The van der Waals surface area contributed by atoms with E-state index in [2.05, 4.69) is 90.0 Å². The van der Waals surface area contributed by atoms with Crippen molar-refractivity contribution in [3.05, 3.63) is 65.2 Å². The molecule has 1 fully saturated rings. The second kappa shape index (κ2) is 15.1. The van der Waals surface area contributed by atoms with Gasteiger partial charge in [-0.2, -0.15) is 0 Å². The molecule has 3 rings (SSSR count). The van der Waals surface area contributed by atoms with Gasteiger partial charge in [0.2, 0.25) is 0 Å². The molecule has 2 aromatic rings. The highest BCUT2D eigenvalue weighted by molar-refractivity contribution is 14.0. The summed E-state index contributed by atoms with van der Waals surface area (Å²) in [6, 6.07) is 17.5. The lowest BCUT2D eigenvalue weighted by Crippen LogP contribution is -2.38. The van der Waals surface area contributed by atoms with Crippen LogP contribution < -0.4 is 15.5 Å². The van der Waals surface area contributed by atoms with Crippen LogP contribution >= 0.6 is 24.0 Å². The van der Waals surface area contributed by atoms with Crippen LogP contribution in [0.3, 0.4) is 0 Å². The van der Waals surface area contributed by atoms with Gasteiger partial charge >= 0.3 is 0 Å². The minimum Gasteiger partial charge on any atom is -0.379 e. The molecule has 0 saturated carbocycles. The van der Waals surface area contributed by atoms with Gasteiger partial charge in [0, 0.05) is 52.5 Å². The quantitative estimate of drug-likeness (QED) is 0.198. The third-order valence-corrected chi connectivity index (χ3v) is 5.76. The van der Waals surface area contributed by atoms with Crippen LogP contribution in [-0.4, -0.2) is 64.3 Å². The van der Waals surface area contributed by atoms with Crippen LogP contribution in [-0.2, 0) is 24.2 Å². The maximum Gasteiger partial charge on any atom is 0.191 e. The van der Waals surface area contributed by atoms with Crippen LogP contribution in [0, 0.1) is 0 Å². The van der Waals surface area contributed by atoms with Gasteiger partial charge in [0.25, 0.3) is 0 Å². The third-order valence-electron chi connectivity index (χ3n) is 5.76. The molecule has 0 bridgehead atoms. The molecular weight excluding hydrogens is 525 g/mol. The van der Waals surface area contributed by atoms with Crippen molar-refractivity contribution in [2.45, 2.75) is 32.9 Å². The number of nitrogens with one attached hydrogen (secondary N) is 2. The summed E-state index contributed by atoms with van der Waals surface area (Å²) in [7, 11) is 4.14. The van der Waals surface area contributed by atoms with Crippen LogP contribution in [0.2, 0.25) is 0 Å². The van der Waals surface area contributed by atoms with Gasteiger partial charge in [-0.15, -0.1) is 24.0 Å². The van der Waals surface area contributed by atoms with Crippen molar-refractivity contribution in [2.24, 2.45) is 4.99 Å². The monoisotopic (exact) mass is 565 g/mol. The zero-order valence-corrected chi connectivity index (χ0v) is 22.7. The van der Waals surface area contributed by atoms with Gasteiger partial charge in [-0.3, -0.25) is 4.90 Å². The molecule has 6 nitrogen and oxygen atoms in total. The minimum atomic E-state index is 0. The summed E-state index contributed by atoms with van der Waals surface area (Å²) >= 11 is 0. The van der Waals surface area contributed by atoms with Crippen molar-refractivity contribution in [2.75, 3.05) is 58.4 Å². The molecule has 0 aromatic heterocycles. The molecule has 2 N–H and O–H groups in total. The van der Waals surface area contributed by atoms with Crippen LogP contribution in [0.15, 0.2) is 53.5 Å². The maximum absolute atomic E-state index is 5.48. The minimum absolute atomic E-state index is 0. The Bertz CT molecular complexity index is 835. The van der Waals surface area contributed by atoms with E-state index in [9.17, 15) is 0 Å². The first-order chi connectivity index (χ1) is 15.7. The third kappa shape index (κ3) is 9.51. The number of ether oxygens (including phenoxy) is 1. The summed E-state index contributed by atoms with van der Waals surface area (Å²) < 4.78 is 5.48. The van der Waals surface area contributed by atoms with Crippen LogP contribution in [0.4, 0.5) is 5.69 Å². The number of guanidine groups is 1. The van der Waals surface area contributed by atoms with E-state index in [1.54, 1.807) is 0 Å². The molecule has 0 spiro atoms. The second-order valence-electron chi connectivity index (χ2n) is 8.44. The van der Waals surface area contributed by atoms with Crippen LogP contribution in [0.1, 0.15) is 30.0 Å². The number of aryl methyl sites for hydroxylation is 1. The Morgan fingerprint density at radius 2 is 1.70 bits per heavy atom. The first kappa shape index (κ1) is 27.4. The van der Waals surface area contributed by atoms with Crippen molar-refractivity contribution < 1.29 is 4.74 Å². The van der Waals surface area contributed by atoms with E-state index in [1.165, 1.54) is 22.4 Å². The van der Waals surface area contributed by atoms with Gasteiger partial charge in [0.05, 0.1) is 19.8 Å². The molecule has 1 saturated heterocycles. The van der Waals surface area contributed by atoms with Gasteiger partial charge in [-0.1, -0.05) is 36.4 Å². The molecule has 0 amide bonds. The van der Waals surface area contributed by atoms with E-state index in [1.807, 2.05) is 0 Å². The number of hydrogen-bond acceptors (Lipinski definition) is 4. The zero-order valence-electron chi connectivity index (χ0n) is 20.3. The molecule has 0 radical (unpaired) electrons. The topological polar surface area (TPSA) is 52.1 Å². The number of hydrogen-bond donors (Lipinski definition) is 2. The highest BCUT2D eigenvalue weighted by atomic mass is 127. The number of aliphatic imine (C=N–C) groups is 1. The van der Waals surface area contributed by atoms with Gasteiger partial charge in [0.15, 0.2) is 5.96 Å². The van der Waals surface area contributed by atoms with Gasteiger partial charge in [-0.05, 0) is 48.6 Å². The Morgan fingerprint density at radius 1 is 1.00 bits per heavy atom. The fourth-order valence-corrected chi connectivity index (χ4v) is 3.83. The highest BCUT2D eigenvalue weighted by Crippen LogP contribution is 2.15. The number of benzene rings is 2. The fraction of sp³-hybridized carbons (Fsp3) is 0.500. The second-order valence-corrected chi connectivity index (χ2v) is 8.44. The van der Waals surface area contributed by atoms with Crippen molar-refractivity contribution in [3.63, 3.8) is 0 Å². The molecule has 0 aliphatic carbocycles. The zero-order chi connectivity index (χ0) is 22.6. The summed E-state index contributed by atoms with van der Waals surface area (Å²) in [5, 5.41) is 6.87. The van der Waals surface area contributed by atoms with E-state index in [-0.39, 0.29) is 24.0 Å². The Labute approximate surface area is 216 Å². The molecule has 1 aliphatic rings. The van der Waals surface area contributed by atoms with E-state index in [0.29, 0.717) is 6.54 Å². The molecule has 33 heavy (non-hydrogen) atoms. The van der Waals surface area contributed by atoms with E-state index in [4.69, 9.17) is 9.73 Å². The number of anilines is 1. The number of morpholine rings is 1. The summed E-state index contributed by atoms with van der Waals surface area (Å²) in [4.78, 5) is 9.45. The van der Waals surface area contributed by atoms with Crippen molar-refractivity contribution in [1.29, 1.82) is 0 Å². The first-order valence-electron chi connectivity index (χ1n) is 11.8. The first-order valence-corrected chi connectivity index (χ1v) is 11.8. The van der Waals surface area contributed by atoms with Crippen molar-refractivity contribution in [1.82, 2.24) is 15.5 Å². The average molecular weight is 566 g/mol. The van der Waals surface area contributed by atoms with Crippen molar-refractivity contribution >= 4 is 35.6 Å². The summed E-state index contributed by atoms with van der Waals surface area (Å²) in [6.45, 7) is 9.16. The fourth-order valence-electron chi connectivity index (χ4n) is 3.83. The number of nitrogens with zero attached hydrogens (tertiary/aromatic N) is 3. The number of rotatable bonds is 10. The van der Waals surface area contributed by atoms with Gasteiger partial charge in [0.1, 0.15) is 0 Å². The Morgan fingerprint density at radius 3 is 2.36 bits per heavy atom. The molecule has 182 valence electrons. The average Bonchev–Trinajstić information content (AvgIpc) is 2.82. The summed E-state index contributed by atoms with van der Waals surface area (Å²) in [5.41, 5.74) is 5.26. The Hall–Kier alpha value is -1.84. The number of halogens is 1. The SMILES string of the molecule is CCNC(=NCc1ccccc1CN1CCOCC1)NCCCc1ccc(N(C)C)cc1.I. The molecule has 1 aliphatic heterocycles. The standard InChI is InChI=1S/C26H39N5O.HI/c1-4-27-26(28-15-7-8-22-11-13-25(14-12-22)30(2)3)29-20-23-9-5-6-10-24(23)21-31-16-18-32-19-17-31;/h5-6,9-14H,4,7-8,15-21H2,1-3H3,(H2,27,28,29);1H. The molecule has 2 aromatic carbocycles. The molecule has 0 unspecified atom stereocenters. The molecule has 1 heterocycles. The normalized spacial score (nSPS) is 14.5. The van der Waals surface area contributed by atoms with Gasteiger partial charge < -0.3 is 20.3 Å². The van der Waals surface area contributed by atoms with Crippen molar-refractivity contribution in [3.8, 4) is 0 Å². The van der Waals surface area contributed by atoms with E-state index >= 15 is 0 Å². The predicted octanol–water partition coefficient (Wildman–Crippen LogP) is 3.89. The molecule has 0 atom stereocenters. The largest absolute Gasteiger partial charge is 0.379 e. The van der Waals surface area contributed by atoms with E-state index < -0.39 is 0 Å².